The molecule has 0 bridgehead atoms. The number of nitrogens with zero attached hydrogens (tertiary/aromatic N) is 5. The van der Waals surface area contributed by atoms with Crippen molar-refractivity contribution in [2.45, 2.75) is 35.1 Å². The molecule has 4 rings (SSSR count). The molecule has 0 aliphatic carbocycles. The molecular weight excluding hydrogens is 580 g/mol. The van der Waals surface area contributed by atoms with Crippen molar-refractivity contribution in [3.05, 3.63) is 40.8 Å². The molecule has 11 nitrogen and oxygen atoms in total. The third-order valence-electron chi connectivity index (χ3n) is 6.08. The Kier molecular flexibility index (Phi) is 7.15. The van der Waals surface area contributed by atoms with E-state index in [1.54, 1.807) is 0 Å². The Morgan fingerprint density at radius 3 is 2.38 bits per heavy atom. The number of carbonyl (C=O) groups excluding carboxylic acids is 1. The van der Waals surface area contributed by atoms with Gasteiger partial charge in [-0.2, -0.15) is 35.9 Å². The zero-order valence-electron chi connectivity index (χ0n) is 19.7. The number of thiophene rings is 1. The Balaban J connectivity index is 1.60. The number of amides is 1. The first-order valence-corrected chi connectivity index (χ1v) is 13.1. The molecule has 19 heteroatoms. The monoisotopic (exact) mass is 599 g/mol. The van der Waals surface area contributed by atoms with Crippen LogP contribution in [-0.2, 0) is 26.6 Å². The largest absolute Gasteiger partial charge is 0.431 e. The van der Waals surface area contributed by atoms with Crippen LogP contribution in [0.2, 0.25) is 0 Å². The summed E-state index contributed by atoms with van der Waals surface area (Å²) in [4.78, 5) is 11.7. The first-order chi connectivity index (χ1) is 18.0. The molecule has 2 aromatic heterocycles. The lowest BCUT2D eigenvalue weighted by Gasteiger charge is -2.40. The lowest BCUT2D eigenvalue weighted by atomic mass is 10.0. The molecule has 0 saturated carbocycles. The van der Waals surface area contributed by atoms with Gasteiger partial charge in [0.25, 0.3) is 21.5 Å². The number of hydrogen-bond donors (Lipinski definition) is 3. The van der Waals surface area contributed by atoms with Crippen LogP contribution in [0.3, 0.4) is 0 Å². The van der Waals surface area contributed by atoms with Crippen LogP contribution in [-0.4, -0.2) is 76.2 Å². The number of aromatic amines is 1. The molecule has 1 amide bonds. The van der Waals surface area contributed by atoms with Gasteiger partial charge in [-0.25, -0.2) is 8.42 Å². The fourth-order valence-corrected chi connectivity index (χ4v) is 7.31. The fraction of sp³-hybridized carbons (Fsp3) is 0.400. The van der Waals surface area contributed by atoms with E-state index in [-0.39, 0.29) is 48.0 Å². The molecule has 3 heterocycles. The Morgan fingerprint density at radius 1 is 1.15 bits per heavy atom. The molecule has 0 radical (unpaired) electrons. The number of piperazine rings is 1. The van der Waals surface area contributed by atoms with E-state index >= 15 is 0 Å². The topological polar surface area (TPSA) is 158 Å². The van der Waals surface area contributed by atoms with Crippen LogP contribution in [0, 0.1) is 0 Å². The molecular formula is C20H19F6N7O4S2. The molecule has 3 aromatic rings. The summed E-state index contributed by atoms with van der Waals surface area (Å²) in [6, 6.07) is 3.94. The number of anilines is 1. The number of primary amides is 1. The van der Waals surface area contributed by atoms with Crippen molar-refractivity contribution in [2.75, 3.05) is 24.5 Å². The van der Waals surface area contributed by atoms with Gasteiger partial charge in [-0.05, 0) is 42.5 Å². The minimum Gasteiger partial charge on any atom is -0.368 e. The second-order valence-corrected chi connectivity index (χ2v) is 11.8. The summed E-state index contributed by atoms with van der Waals surface area (Å²) in [7, 11) is -4.46. The van der Waals surface area contributed by atoms with Crippen LogP contribution in [0.15, 0.2) is 34.5 Å². The summed E-state index contributed by atoms with van der Waals surface area (Å²) >= 11 is 0.0186. The Hall–Kier alpha value is -3.29. The number of benzene rings is 1. The Labute approximate surface area is 220 Å². The quantitative estimate of drug-likeness (QED) is 0.364. The van der Waals surface area contributed by atoms with E-state index in [1.807, 2.05) is 0 Å². The van der Waals surface area contributed by atoms with E-state index in [2.05, 4.69) is 20.6 Å². The lowest BCUT2D eigenvalue weighted by molar-refractivity contribution is -0.254. The van der Waals surface area contributed by atoms with Crippen LogP contribution in [0.4, 0.5) is 32.0 Å². The average molecular weight is 600 g/mol. The zero-order valence-corrected chi connectivity index (χ0v) is 21.3. The summed E-state index contributed by atoms with van der Waals surface area (Å²) in [5, 5.41) is 22.8. The zero-order chi connectivity index (χ0) is 29.0. The molecule has 2 atom stereocenters. The maximum absolute atomic E-state index is 13.9. The number of alkyl halides is 6. The Morgan fingerprint density at radius 2 is 1.85 bits per heavy atom. The van der Waals surface area contributed by atoms with Crippen molar-refractivity contribution in [3.8, 4) is 11.4 Å². The van der Waals surface area contributed by atoms with Gasteiger partial charge in [0.05, 0.1) is 10.4 Å². The second kappa shape index (κ2) is 9.72. The standard InChI is InChI=1S/C20H19F6N7O4S2/c1-10-9-32(13-3-2-11(16-28-30-31-29-16)8-12(13)19(21,22)23)6-7-33(10)39(36,37)15-5-4-14(38-15)18(35,17(27)34)20(24,25)26/h2-5,8,10,35H,6-7,9H2,1H3,(H2,27,34)(H,28,29,30,31). The summed E-state index contributed by atoms with van der Waals surface area (Å²) in [5.41, 5.74) is -0.503. The highest BCUT2D eigenvalue weighted by Crippen LogP contribution is 2.44. The van der Waals surface area contributed by atoms with Crippen molar-refractivity contribution in [1.82, 2.24) is 24.9 Å². The average Bonchev–Trinajstić information content (AvgIpc) is 3.54. The minimum atomic E-state index is -5.51. The van der Waals surface area contributed by atoms with Gasteiger partial charge in [0.2, 0.25) is 5.82 Å². The van der Waals surface area contributed by atoms with Gasteiger partial charge in [-0.1, -0.05) is 0 Å². The fourth-order valence-electron chi connectivity index (χ4n) is 4.15. The number of nitrogens with two attached hydrogens (primary N) is 1. The van der Waals surface area contributed by atoms with Gasteiger partial charge in [0.1, 0.15) is 4.21 Å². The highest BCUT2D eigenvalue weighted by Gasteiger charge is 2.61. The number of H-pyrrole nitrogens is 1. The predicted octanol–water partition coefficient (Wildman–Crippen LogP) is 2.08. The molecule has 212 valence electrons. The maximum atomic E-state index is 13.9. The van der Waals surface area contributed by atoms with Crippen molar-refractivity contribution < 1.29 is 44.7 Å². The third-order valence-corrected chi connectivity index (χ3v) is 9.76. The molecule has 1 aliphatic rings. The number of aliphatic hydroxyl groups is 1. The number of halogens is 6. The molecule has 1 aromatic carbocycles. The highest BCUT2D eigenvalue weighted by molar-refractivity contribution is 7.91. The van der Waals surface area contributed by atoms with E-state index in [0.717, 1.165) is 16.4 Å². The number of nitrogens with one attached hydrogen (secondary N) is 1. The lowest BCUT2D eigenvalue weighted by Crippen LogP contribution is -2.54. The number of carbonyl (C=O) groups is 1. The number of hydrogen-bond acceptors (Lipinski definition) is 9. The van der Waals surface area contributed by atoms with Gasteiger partial charge < -0.3 is 15.7 Å². The summed E-state index contributed by atoms with van der Waals surface area (Å²) < 4.78 is 109. The van der Waals surface area contributed by atoms with Crippen LogP contribution in [0.25, 0.3) is 11.4 Å². The number of tetrazole rings is 1. The molecule has 2 unspecified atom stereocenters. The van der Waals surface area contributed by atoms with Crippen LogP contribution >= 0.6 is 11.3 Å². The first kappa shape index (κ1) is 28.7. The van der Waals surface area contributed by atoms with Gasteiger partial charge >= 0.3 is 12.4 Å². The van der Waals surface area contributed by atoms with E-state index in [0.29, 0.717) is 6.07 Å². The van der Waals surface area contributed by atoms with Crippen molar-refractivity contribution in [1.29, 1.82) is 0 Å². The van der Waals surface area contributed by atoms with E-state index in [4.69, 9.17) is 5.73 Å². The van der Waals surface area contributed by atoms with Crippen LogP contribution < -0.4 is 10.6 Å². The van der Waals surface area contributed by atoms with E-state index in [9.17, 15) is 44.7 Å². The van der Waals surface area contributed by atoms with Crippen molar-refractivity contribution >= 4 is 33.0 Å². The molecule has 0 spiro atoms. The molecule has 4 N–H and O–H groups in total. The first-order valence-electron chi connectivity index (χ1n) is 10.9. The maximum Gasteiger partial charge on any atom is 0.431 e. The smallest absolute Gasteiger partial charge is 0.368 e. The summed E-state index contributed by atoms with van der Waals surface area (Å²) in [5.74, 6) is -2.19. The van der Waals surface area contributed by atoms with Crippen molar-refractivity contribution in [2.24, 2.45) is 5.73 Å². The van der Waals surface area contributed by atoms with Gasteiger partial charge in [0.15, 0.2) is 0 Å². The summed E-state index contributed by atoms with van der Waals surface area (Å²) in [6.45, 7) is 0.755. The third kappa shape index (κ3) is 5.06. The minimum absolute atomic E-state index is 0.0186. The van der Waals surface area contributed by atoms with Gasteiger partial charge in [0, 0.05) is 36.9 Å². The molecule has 39 heavy (non-hydrogen) atoms. The van der Waals surface area contributed by atoms with E-state index in [1.165, 1.54) is 24.0 Å². The van der Waals surface area contributed by atoms with E-state index < -0.39 is 54.6 Å². The molecule has 1 fully saturated rings. The van der Waals surface area contributed by atoms with Gasteiger partial charge in [-0.3, -0.25) is 4.79 Å². The Bertz CT molecular complexity index is 1480. The molecule has 1 saturated heterocycles. The van der Waals surface area contributed by atoms with Crippen molar-refractivity contribution in [3.63, 3.8) is 0 Å². The predicted molar refractivity (Wildman–Crippen MR) is 124 cm³/mol. The normalized spacial score (nSPS) is 19.2. The highest BCUT2D eigenvalue weighted by atomic mass is 32.2. The SMILES string of the molecule is CC1CN(c2ccc(-c3nn[nH]n3)cc2C(F)(F)F)CCN1S(=O)(=O)c1ccc(C(O)(C(N)=O)C(F)(F)F)s1. The number of rotatable bonds is 6. The number of aromatic nitrogens is 4. The van der Waals surface area contributed by atoms with Crippen LogP contribution in [0.1, 0.15) is 17.4 Å². The van der Waals surface area contributed by atoms with Gasteiger partial charge in [-0.15, -0.1) is 21.5 Å². The molecule has 1 aliphatic heterocycles. The number of sulfonamides is 1. The summed E-state index contributed by atoms with van der Waals surface area (Å²) in [6.07, 6.45) is -10.3. The second-order valence-electron chi connectivity index (χ2n) is 8.57. The van der Waals surface area contributed by atoms with Crippen LogP contribution in [0.5, 0.6) is 0 Å².